The third-order valence-corrected chi connectivity index (χ3v) is 1.87. The first kappa shape index (κ1) is 10.2. The standard InChI is InChI=1S/C11H13F2/c1-2-3-4-5-9-6-7-10(12)8-11(9)13/h4,6-8H,2-3,5H2,1H3. The number of hydrogen-bond acceptors (Lipinski definition) is 0. The van der Waals surface area contributed by atoms with Crippen LogP contribution >= 0.6 is 0 Å². The maximum atomic E-state index is 13.0. The summed E-state index contributed by atoms with van der Waals surface area (Å²) in [5.74, 6) is -0.968. The summed E-state index contributed by atoms with van der Waals surface area (Å²) >= 11 is 0. The zero-order valence-corrected chi connectivity index (χ0v) is 7.69. The highest BCUT2D eigenvalue weighted by molar-refractivity contribution is 5.19. The van der Waals surface area contributed by atoms with E-state index in [-0.39, 0.29) is 0 Å². The second-order valence-electron chi connectivity index (χ2n) is 3.02. The Labute approximate surface area is 77.6 Å². The van der Waals surface area contributed by atoms with Gasteiger partial charge in [0.1, 0.15) is 11.6 Å². The van der Waals surface area contributed by atoms with Crippen molar-refractivity contribution in [3.05, 3.63) is 41.8 Å². The zero-order chi connectivity index (χ0) is 9.68. The molecule has 0 aromatic heterocycles. The van der Waals surface area contributed by atoms with Crippen molar-refractivity contribution in [3.63, 3.8) is 0 Å². The number of unbranched alkanes of at least 4 members (excludes halogenated alkanes) is 2. The van der Waals surface area contributed by atoms with E-state index in [1.165, 1.54) is 12.1 Å². The molecule has 1 aromatic carbocycles. The van der Waals surface area contributed by atoms with Crippen LogP contribution < -0.4 is 0 Å². The Morgan fingerprint density at radius 3 is 2.69 bits per heavy atom. The van der Waals surface area contributed by atoms with Crippen LogP contribution in [0.2, 0.25) is 0 Å². The van der Waals surface area contributed by atoms with Gasteiger partial charge >= 0.3 is 0 Å². The number of halogens is 2. The molecule has 71 valence electrons. The number of hydrogen-bond donors (Lipinski definition) is 0. The fourth-order valence-electron chi connectivity index (χ4n) is 1.15. The molecular formula is C11H13F2. The molecule has 1 aromatic rings. The van der Waals surface area contributed by atoms with E-state index in [2.05, 4.69) is 6.92 Å². The predicted molar refractivity (Wildman–Crippen MR) is 49.3 cm³/mol. The van der Waals surface area contributed by atoms with E-state index in [0.717, 1.165) is 18.9 Å². The quantitative estimate of drug-likeness (QED) is 0.626. The second kappa shape index (κ2) is 4.95. The van der Waals surface area contributed by atoms with Gasteiger partial charge in [-0.2, -0.15) is 0 Å². The molecule has 0 spiro atoms. The molecule has 0 fully saturated rings. The average molecular weight is 183 g/mol. The number of benzene rings is 1. The van der Waals surface area contributed by atoms with E-state index >= 15 is 0 Å². The van der Waals surface area contributed by atoms with Crippen LogP contribution in [0.1, 0.15) is 25.3 Å². The minimum atomic E-state index is -0.517. The molecule has 0 aliphatic carbocycles. The SMILES string of the molecule is CCC[CH]Cc1ccc(F)cc1F. The first-order valence-electron chi connectivity index (χ1n) is 4.49. The summed E-state index contributed by atoms with van der Waals surface area (Å²) < 4.78 is 25.5. The van der Waals surface area contributed by atoms with Gasteiger partial charge in [-0.15, -0.1) is 0 Å². The van der Waals surface area contributed by atoms with Gasteiger partial charge in [-0.1, -0.05) is 25.8 Å². The van der Waals surface area contributed by atoms with E-state index in [4.69, 9.17) is 0 Å². The molecule has 0 saturated carbocycles. The van der Waals surface area contributed by atoms with E-state index in [9.17, 15) is 8.78 Å². The van der Waals surface area contributed by atoms with Crippen LogP contribution in [0.15, 0.2) is 18.2 Å². The lowest BCUT2D eigenvalue weighted by atomic mass is 10.1. The molecule has 0 aliphatic rings. The summed E-state index contributed by atoms with van der Waals surface area (Å²) in [6.07, 6.45) is 4.62. The molecule has 13 heavy (non-hydrogen) atoms. The summed E-state index contributed by atoms with van der Waals surface area (Å²) in [5, 5.41) is 0. The van der Waals surface area contributed by atoms with Crippen molar-refractivity contribution in [1.29, 1.82) is 0 Å². The largest absolute Gasteiger partial charge is 0.207 e. The molecule has 0 nitrogen and oxygen atoms in total. The van der Waals surface area contributed by atoms with E-state index in [1.54, 1.807) is 0 Å². The van der Waals surface area contributed by atoms with Gasteiger partial charge in [0.05, 0.1) is 0 Å². The molecule has 1 radical (unpaired) electrons. The van der Waals surface area contributed by atoms with Gasteiger partial charge in [0.15, 0.2) is 0 Å². The van der Waals surface area contributed by atoms with E-state index in [0.29, 0.717) is 12.0 Å². The van der Waals surface area contributed by atoms with Crippen molar-refractivity contribution in [3.8, 4) is 0 Å². The summed E-state index contributed by atoms with van der Waals surface area (Å²) in [7, 11) is 0. The summed E-state index contributed by atoms with van der Waals surface area (Å²) in [6.45, 7) is 2.07. The third kappa shape index (κ3) is 3.13. The van der Waals surface area contributed by atoms with Crippen LogP contribution in [0, 0.1) is 18.1 Å². The Bertz CT molecular complexity index is 269. The van der Waals surface area contributed by atoms with Gasteiger partial charge in [0.2, 0.25) is 0 Å². The van der Waals surface area contributed by atoms with Crippen LogP contribution in [-0.4, -0.2) is 0 Å². The second-order valence-corrected chi connectivity index (χ2v) is 3.02. The monoisotopic (exact) mass is 183 g/mol. The molecule has 0 bridgehead atoms. The van der Waals surface area contributed by atoms with Gasteiger partial charge in [-0.25, -0.2) is 8.78 Å². The normalized spacial score (nSPS) is 10.4. The Hall–Kier alpha value is -0.920. The Morgan fingerprint density at radius 1 is 1.31 bits per heavy atom. The highest BCUT2D eigenvalue weighted by Gasteiger charge is 2.02. The topological polar surface area (TPSA) is 0 Å². The molecule has 0 N–H and O–H groups in total. The fraction of sp³-hybridized carbons (Fsp3) is 0.364. The molecule has 0 aliphatic heterocycles. The summed E-state index contributed by atoms with van der Waals surface area (Å²) in [4.78, 5) is 0. The molecule has 0 atom stereocenters. The maximum absolute atomic E-state index is 13.0. The smallest absolute Gasteiger partial charge is 0.129 e. The molecule has 1 rings (SSSR count). The van der Waals surface area contributed by atoms with E-state index < -0.39 is 11.6 Å². The van der Waals surface area contributed by atoms with Crippen molar-refractivity contribution in [2.24, 2.45) is 0 Å². The Kier molecular flexibility index (Phi) is 3.87. The molecule has 2 heteroatoms. The molecule has 0 unspecified atom stereocenters. The summed E-state index contributed by atoms with van der Waals surface area (Å²) in [6, 6.07) is 3.71. The first-order valence-corrected chi connectivity index (χ1v) is 4.49. The van der Waals surface area contributed by atoms with Crippen LogP contribution in [0.25, 0.3) is 0 Å². The van der Waals surface area contributed by atoms with Crippen molar-refractivity contribution in [2.45, 2.75) is 26.2 Å². The highest BCUT2D eigenvalue weighted by Crippen LogP contribution is 2.12. The first-order chi connectivity index (χ1) is 6.24. The molecule has 0 saturated heterocycles. The van der Waals surface area contributed by atoms with E-state index in [1.807, 2.05) is 6.42 Å². The lowest BCUT2D eigenvalue weighted by molar-refractivity contribution is 0.573. The van der Waals surface area contributed by atoms with Crippen LogP contribution in [0.5, 0.6) is 0 Å². The average Bonchev–Trinajstić information content (AvgIpc) is 2.09. The van der Waals surface area contributed by atoms with Crippen molar-refractivity contribution < 1.29 is 8.78 Å². The van der Waals surface area contributed by atoms with Crippen molar-refractivity contribution >= 4 is 0 Å². The van der Waals surface area contributed by atoms with Gasteiger partial charge in [0.25, 0.3) is 0 Å². The fourth-order valence-corrected chi connectivity index (χ4v) is 1.15. The predicted octanol–water partition coefficient (Wildman–Crippen LogP) is 3.51. The molecule has 0 heterocycles. The third-order valence-electron chi connectivity index (χ3n) is 1.87. The Morgan fingerprint density at radius 2 is 2.08 bits per heavy atom. The van der Waals surface area contributed by atoms with Crippen LogP contribution in [0.3, 0.4) is 0 Å². The van der Waals surface area contributed by atoms with Gasteiger partial charge in [0, 0.05) is 6.07 Å². The minimum absolute atomic E-state index is 0.452. The van der Waals surface area contributed by atoms with Crippen molar-refractivity contribution in [1.82, 2.24) is 0 Å². The molecular weight excluding hydrogens is 170 g/mol. The van der Waals surface area contributed by atoms with Crippen molar-refractivity contribution in [2.75, 3.05) is 0 Å². The summed E-state index contributed by atoms with van der Waals surface area (Å²) in [5.41, 5.74) is 0.565. The van der Waals surface area contributed by atoms with Gasteiger partial charge in [-0.05, 0) is 24.5 Å². The highest BCUT2D eigenvalue weighted by atomic mass is 19.1. The van der Waals surface area contributed by atoms with Crippen LogP contribution in [0.4, 0.5) is 8.78 Å². The van der Waals surface area contributed by atoms with Crippen LogP contribution in [-0.2, 0) is 6.42 Å². The van der Waals surface area contributed by atoms with Gasteiger partial charge < -0.3 is 0 Å². The molecule has 0 amide bonds. The lowest BCUT2D eigenvalue weighted by Crippen LogP contribution is -1.92. The zero-order valence-electron chi connectivity index (χ0n) is 7.69. The maximum Gasteiger partial charge on any atom is 0.129 e. The number of rotatable bonds is 4. The minimum Gasteiger partial charge on any atom is -0.207 e. The lowest BCUT2D eigenvalue weighted by Gasteiger charge is -2.01. The Balaban J connectivity index is 2.56. The van der Waals surface area contributed by atoms with Gasteiger partial charge in [-0.3, -0.25) is 0 Å².